The van der Waals surface area contributed by atoms with Crippen LogP contribution in [0.15, 0.2) is 18.2 Å². The molecule has 1 amide bonds. The molecule has 6 heteroatoms. The SMILES string of the molecule is CC(C)C(C)(C#N)NC(=O)CNc1cc(Cl)ccc1F. The molecule has 0 aliphatic carbocycles. The van der Waals surface area contributed by atoms with Crippen molar-refractivity contribution in [3.8, 4) is 6.07 Å². The first-order valence-electron chi connectivity index (χ1n) is 6.19. The number of benzene rings is 1. The fourth-order valence-corrected chi connectivity index (χ4v) is 1.62. The first-order chi connectivity index (χ1) is 9.28. The normalized spacial score (nSPS) is 13.4. The monoisotopic (exact) mass is 297 g/mol. The third-order valence-corrected chi connectivity index (χ3v) is 3.39. The van der Waals surface area contributed by atoms with Gasteiger partial charge in [-0.25, -0.2) is 4.39 Å². The van der Waals surface area contributed by atoms with E-state index in [2.05, 4.69) is 16.7 Å². The van der Waals surface area contributed by atoms with Crippen LogP contribution in [-0.2, 0) is 4.79 Å². The maximum absolute atomic E-state index is 13.4. The number of hydrogen-bond donors (Lipinski definition) is 2. The molecule has 1 atom stereocenters. The Morgan fingerprint density at radius 1 is 1.55 bits per heavy atom. The summed E-state index contributed by atoms with van der Waals surface area (Å²) in [6.45, 7) is 5.19. The Hall–Kier alpha value is -1.80. The Bertz CT molecular complexity index is 542. The maximum Gasteiger partial charge on any atom is 0.240 e. The lowest BCUT2D eigenvalue weighted by Gasteiger charge is -2.27. The van der Waals surface area contributed by atoms with Crippen LogP contribution >= 0.6 is 11.6 Å². The number of hydrogen-bond acceptors (Lipinski definition) is 3. The number of nitrogens with zero attached hydrogens (tertiary/aromatic N) is 1. The molecule has 20 heavy (non-hydrogen) atoms. The molecule has 108 valence electrons. The first kappa shape index (κ1) is 16.3. The molecule has 1 rings (SSSR count). The number of rotatable bonds is 5. The summed E-state index contributed by atoms with van der Waals surface area (Å²) in [6.07, 6.45) is 0. The molecule has 1 unspecified atom stereocenters. The van der Waals surface area contributed by atoms with E-state index in [1.165, 1.54) is 18.2 Å². The highest BCUT2D eigenvalue weighted by Crippen LogP contribution is 2.19. The van der Waals surface area contributed by atoms with Crippen LogP contribution in [0.3, 0.4) is 0 Å². The van der Waals surface area contributed by atoms with Gasteiger partial charge in [-0.05, 0) is 31.0 Å². The predicted molar refractivity (Wildman–Crippen MR) is 76.9 cm³/mol. The molecule has 2 N–H and O–H groups in total. The van der Waals surface area contributed by atoms with Gasteiger partial charge < -0.3 is 10.6 Å². The van der Waals surface area contributed by atoms with Crippen molar-refractivity contribution in [3.05, 3.63) is 29.0 Å². The smallest absolute Gasteiger partial charge is 0.240 e. The first-order valence-corrected chi connectivity index (χ1v) is 6.57. The molecule has 0 aromatic heterocycles. The average Bonchev–Trinajstić information content (AvgIpc) is 2.39. The van der Waals surface area contributed by atoms with Gasteiger partial charge in [0, 0.05) is 5.02 Å². The number of nitrogens with one attached hydrogen (secondary N) is 2. The molecular weight excluding hydrogens is 281 g/mol. The molecule has 0 radical (unpaired) electrons. The van der Waals surface area contributed by atoms with Gasteiger partial charge in [-0.3, -0.25) is 4.79 Å². The number of amides is 1. The highest BCUT2D eigenvalue weighted by molar-refractivity contribution is 6.30. The molecule has 0 spiro atoms. The van der Waals surface area contributed by atoms with Crippen LogP contribution < -0.4 is 10.6 Å². The minimum atomic E-state index is -0.953. The third kappa shape index (κ3) is 4.10. The van der Waals surface area contributed by atoms with Crippen LogP contribution in [0, 0.1) is 23.1 Å². The zero-order valence-electron chi connectivity index (χ0n) is 11.6. The lowest BCUT2D eigenvalue weighted by molar-refractivity contribution is -0.121. The molecule has 4 nitrogen and oxygen atoms in total. The summed E-state index contributed by atoms with van der Waals surface area (Å²) in [5.74, 6) is -0.921. The Morgan fingerprint density at radius 3 is 2.75 bits per heavy atom. The van der Waals surface area contributed by atoms with Crippen molar-refractivity contribution in [3.63, 3.8) is 0 Å². The summed E-state index contributed by atoms with van der Waals surface area (Å²) in [4.78, 5) is 11.8. The second-order valence-electron chi connectivity index (χ2n) is 4.99. The van der Waals surface area contributed by atoms with E-state index in [0.717, 1.165) is 0 Å². The molecule has 1 aromatic carbocycles. The van der Waals surface area contributed by atoms with Crippen molar-refractivity contribution < 1.29 is 9.18 Å². The molecule has 0 fully saturated rings. The Balaban J connectivity index is 2.65. The third-order valence-electron chi connectivity index (χ3n) is 3.15. The average molecular weight is 298 g/mol. The lowest BCUT2D eigenvalue weighted by Crippen LogP contribution is -2.50. The van der Waals surface area contributed by atoms with Gasteiger partial charge in [0.1, 0.15) is 11.4 Å². The van der Waals surface area contributed by atoms with Gasteiger partial charge in [-0.15, -0.1) is 0 Å². The van der Waals surface area contributed by atoms with Crippen LogP contribution in [0.1, 0.15) is 20.8 Å². The number of nitriles is 1. The summed E-state index contributed by atoms with van der Waals surface area (Å²) in [5, 5.41) is 14.8. The lowest BCUT2D eigenvalue weighted by atomic mass is 9.90. The van der Waals surface area contributed by atoms with E-state index in [4.69, 9.17) is 16.9 Å². The van der Waals surface area contributed by atoms with E-state index in [0.29, 0.717) is 5.02 Å². The van der Waals surface area contributed by atoms with Crippen LogP contribution in [0.2, 0.25) is 5.02 Å². The zero-order chi connectivity index (χ0) is 15.3. The van der Waals surface area contributed by atoms with Crippen molar-refractivity contribution in [2.45, 2.75) is 26.3 Å². The largest absolute Gasteiger partial charge is 0.374 e. The number of anilines is 1. The fraction of sp³-hybridized carbons (Fsp3) is 0.429. The van der Waals surface area contributed by atoms with E-state index in [-0.39, 0.29) is 24.1 Å². The molecular formula is C14H17ClFN3O. The van der Waals surface area contributed by atoms with Crippen LogP contribution in [-0.4, -0.2) is 18.0 Å². The van der Waals surface area contributed by atoms with Crippen molar-refractivity contribution in [1.82, 2.24) is 5.32 Å². The van der Waals surface area contributed by atoms with Gasteiger partial charge in [0.25, 0.3) is 0 Å². The number of carbonyl (C=O) groups is 1. The molecule has 0 aliphatic rings. The van der Waals surface area contributed by atoms with Crippen LogP contribution in [0.25, 0.3) is 0 Å². The number of carbonyl (C=O) groups excluding carboxylic acids is 1. The van der Waals surface area contributed by atoms with Gasteiger partial charge >= 0.3 is 0 Å². The highest BCUT2D eigenvalue weighted by atomic mass is 35.5. The maximum atomic E-state index is 13.4. The van der Waals surface area contributed by atoms with Gasteiger partial charge in [0.15, 0.2) is 0 Å². The molecule has 0 saturated heterocycles. The minimum Gasteiger partial charge on any atom is -0.374 e. The van der Waals surface area contributed by atoms with Gasteiger partial charge in [-0.2, -0.15) is 5.26 Å². The van der Waals surface area contributed by atoms with Crippen LogP contribution in [0.5, 0.6) is 0 Å². The molecule has 0 saturated carbocycles. The van der Waals surface area contributed by atoms with E-state index in [9.17, 15) is 9.18 Å². The predicted octanol–water partition coefficient (Wildman–Crippen LogP) is 2.95. The fourth-order valence-electron chi connectivity index (χ4n) is 1.44. The zero-order valence-corrected chi connectivity index (χ0v) is 12.4. The molecule has 0 bridgehead atoms. The summed E-state index contributed by atoms with van der Waals surface area (Å²) >= 11 is 5.75. The van der Waals surface area contributed by atoms with Gasteiger partial charge in [0.05, 0.1) is 18.3 Å². The van der Waals surface area contributed by atoms with Crippen molar-refractivity contribution in [2.24, 2.45) is 5.92 Å². The van der Waals surface area contributed by atoms with Gasteiger partial charge in [-0.1, -0.05) is 25.4 Å². The Labute approximate surface area is 122 Å². The molecule has 1 aromatic rings. The second kappa shape index (κ2) is 6.58. The van der Waals surface area contributed by atoms with Crippen molar-refractivity contribution in [1.29, 1.82) is 5.26 Å². The quantitative estimate of drug-likeness (QED) is 0.878. The molecule has 0 aliphatic heterocycles. The Morgan fingerprint density at radius 2 is 2.20 bits per heavy atom. The minimum absolute atomic E-state index is 0.0423. The van der Waals surface area contributed by atoms with E-state index < -0.39 is 11.4 Å². The van der Waals surface area contributed by atoms with Crippen molar-refractivity contribution >= 4 is 23.2 Å². The summed E-state index contributed by atoms with van der Waals surface area (Å²) in [6, 6.07) is 6.11. The van der Waals surface area contributed by atoms with E-state index >= 15 is 0 Å². The number of halogens is 2. The highest BCUT2D eigenvalue weighted by Gasteiger charge is 2.29. The van der Waals surface area contributed by atoms with E-state index in [1.807, 2.05) is 13.8 Å². The van der Waals surface area contributed by atoms with Crippen molar-refractivity contribution in [2.75, 3.05) is 11.9 Å². The Kier molecular flexibility index (Phi) is 5.34. The van der Waals surface area contributed by atoms with Gasteiger partial charge in [0.2, 0.25) is 5.91 Å². The summed E-state index contributed by atoms with van der Waals surface area (Å²) in [5.41, 5.74) is -0.804. The van der Waals surface area contributed by atoms with E-state index in [1.54, 1.807) is 6.92 Å². The topological polar surface area (TPSA) is 64.9 Å². The van der Waals surface area contributed by atoms with Crippen LogP contribution in [0.4, 0.5) is 10.1 Å². The summed E-state index contributed by atoms with van der Waals surface area (Å²) in [7, 11) is 0. The standard InChI is InChI=1S/C14H17ClFN3O/c1-9(2)14(3,8-17)19-13(20)7-18-12-6-10(15)4-5-11(12)16/h4-6,9,18H,7H2,1-3H3,(H,19,20). The molecule has 0 heterocycles. The second-order valence-corrected chi connectivity index (χ2v) is 5.43. The summed E-state index contributed by atoms with van der Waals surface area (Å²) < 4.78 is 13.4.